The molecule has 0 heterocycles. The third-order valence-corrected chi connectivity index (χ3v) is 7.55. The van der Waals surface area contributed by atoms with Crippen LogP contribution in [0.2, 0.25) is 0 Å². The van der Waals surface area contributed by atoms with E-state index in [1.807, 2.05) is 6.08 Å². The monoisotopic (exact) mass is 300 g/mol. The molecular formula is C19H24O3. The molecule has 0 radical (unpaired) electrons. The van der Waals surface area contributed by atoms with Gasteiger partial charge in [0.25, 0.3) is 0 Å². The molecule has 4 aliphatic rings. The molecule has 118 valence electrons. The molecule has 3 fully saturated rings. The van der Waals surface area contributed by atoms with Crippen LogP contribution in [0.1, 0.15) is 51.9 Å². The van der Waals surface area contributed by atoms with E-state index in [1.165, 1.54) is 0 Å². The summed E-state index contributed by atoms with van der Waals surface area (Å²) in [5, 5.41) is 0. The van der Waals surface area contributed by atoms with E-state index in [9.17, 15) is 14.4 Å². The van der Waals surface area contributed by atoms with Gasteiger partial charge in [-0.3, -0.25) is 9.59 Å². The molecular weight excluding hydrogens is 276 g/mol. The topological polar surface area (TPSA) is 51.2 Å². The molecule has 6 atom stereocenters. The van der Waals surface area contributed by atoms with Crippen molar-refractivity contribution in [1.82, 2.24) is 0 Å². The third-order valence-electron chi connectivity index (χ3n) is 7.55. The summed E-state index contributed by atoms with van der Waals surface area (Å²) < 4.78 is 0. The van der Waals surface area contributed by atoms with E-state index in [2.05, 4.69) is 6.92 Å². The van der Waals surface area contributed by atoms with Gasteiger partial charge in [0.1, 0.15) is 12.1 Å². The average molecular weight is 300 g/mol. The highest BCUT2D eigenvalue weighted by molar-refractivity contribution is 5.93. The van der Waals surface area contributed by atoms with Crippen molar-refractivity contribution in [1.29, 1.82) is 0 Å². The fourth-order valence-corrected chi connectivity index (χ4v) is 6.34. The standard InChI is InChI=1S/C19H24O3/c1-18-8-7-16-14(15(18)4-5-17(18)22)3-2-12-10-13(21)6-9-19(12,16)11-20/h6,9,11-12,14-16H,2-5,7-8,10H2,1H3/t12-,14-,15-,16-,18-,19+/m0/s1. The Hall–Kier alpha value is -1.25. The number of hydrogen-bond acceptors (Lipinski definition) is 3. The second kappa shape index (κ2) is 4.62. The number of aldehydes is 1. The van der Waals surface area contributed by atoms with E-state index in [0.717, 1.165) is 44.8 Å². The smallest absolute Gasteiger partial charge is 0.155 e. The number of Topliss-reactive ketones (excluding diaryl/α,β-unsaturated/α-hetero) is 1. The van der Waals surface area contributed by atoms with Crippen molar-refractivity contribution in [2.75, 3.05) is 0 Å². The molecule has 0 aliphatic heterocycles. The highest BCUT2D eigenvalue weighted by Gasteiger charge is 2.60. The Balaban J connectivity index is 1.74. The van der Waals surface area contributed by atoms with E-state index in [4.69, 9.17) is 0 Å². The molecule has 3 nitrogen and oxygen atoms in total. The number of hydrogen-bond donors (Lipinski definition) is 0. The quantitative estimate of drug-likeness (QED) is 0.699. The van der Waals surface area contributed by atoms with Gasteiger partial charge < -0.3 is 4.79 Å². The van der Waals surface area contributed by atoms with Gasteiger partial charge in [0.15, 0.2) is 5.78 Å². The Morgan fingerprint density at radius 3 is 2.73 bits per heavy atom. The summed E-state index contributed by atoms with van der Waals surface area (Å²) >= 11 is 0. The average Bonchev–Trinajstić information content (AvgIpc) is 2.82. The number of ketones is 2. The van der Waals surface area contributed by atoms with Gasteiger partial charge in [-0.05, 0) is 61.9 Å². The maximum absolute atomic E-state index is 12.4. The van der Waals surface area contributed by atoms with Crippen molar-refractivity contribution in [3.63, 3.8) is 0 Å². The highest BCUT2D eigenvalue weighted by atomic mass is 16.1. The molecule has 0 amide bonds. The number of carbonyl (C=O) groups is 3. The molecule has 0 aromatic carbocycles. The van der Waals surface area contributed by atoms with Crippen LogP contribution in [0, 0.1) is 34.5 Å². The minimum atomic E-state index is -0.441. The third kappa shape index (κ3) is 1.65. The van der Waals surface area contributed by atoms with Crippen LogP contribution in [0.4, 0.5) is 0 Å². The maximum atomic E-state index is 12.4. The van der Waals surface area contributed by atoms with Crippen LogP contribution in [0.25, 0.3) is 0 Å². The number of allylic oxidation sites excluding steroid dienone is 2. The lowest BCUT2D eigenvalue weighted by Gasteiger charge is -2.56. The molecule has 0 aromatic rings. The van der Waals surface area contributed by atoms with Crippen LogP contribution in [0.5, 0.6) is 0 Å². The Bertz CT molecular complexity index is 577. The number of fused-ring (bicyclic) bond motifs is 5. The molecule has 0 saturated heterocycles. The van der Waals surface area contributed by atoms with Crippen molar-refractivity contribution in [2.24, 2.45) is 34.5 Å². The lowest BCUT2D eigenvalue weighted by Crippen LogP contribution is -2.54. The second-order valence-corrected chi connectivity index (χ2v) is 8.19. The molecule has 3 heteroatoms. The lowest BCUT2D eigenvalue weighted by molar-refractivity contribution is -0.141. The SMILES string of the molecule is C[C@]12CC[C@H]3[C@@H](CC[C@H]4CC(=O)C=C[C@@]43C=O)[C@@H]1CCC2=O. The van der Waals surface area contributed by atoms with E-state index < -0.39 is 5.41 Å². The van der Waals surface area contributed by atoms with Crippen LogP contribution in [-0.2, 0) is 14.4 Å². The molecule has 4 rings (SSSR count). The van der Waals surface area contributed by atoms with Crippen molar-refractivity contribution >= 4 is 17.9 Å². The summed E-state index contributed by atoms with van der Waals surface area (Å²) in [7, 11) is 0. The van der Waals surface area contributed by atoms with E-state index in [-0.39, 0.29) is 17.1 Å². The van der Waals surface area contributed by atoms with Crippen molar-refractivity contribution in [2.45, 2.75) is 51.9 Å². The van der Waals surface area contributed by atoms with Crippen LogP contribution >= 0.6 is 0 Å². The predicted octanol–water partition coefficient (Wildman–Crippen LogP) is 3.12. The Morgan fingerprint density at radius 1 is 1.14 bits per heavy atom. The first-order valence-corrected chi connectivity index (χ1v) is 8.73. The van der Waals surface area contributed by atoms with Gasteiger partial charge >= 0.3 is 0 Å². The summed E-state index contributed by atoms with van der Waals surface area (Å²) in [6.07, 6.45) is 10.9. The zero-order valence-electron chi connectivity index (χ0n) is 13.2. The van der Waals surface area contributed by atoms with Gasteiger partial charge in [-0.15, -0.1) is 0 Å². The second-order valence-electron chi connectivity index (χ2n) is 8.19. The van der Waals surface area contributed by atoms with Gasteiger partial charge in [-0.25, -0.2) is 0 Å². The maximum Gasteiger partial charge on any atom is 0.155 e. The number of carbonyl (C=O) groups excluding carboxylic acids is 3. The normalized spacial score (nSPS) is 50.2. The molecule has 3 saturated carbocycles. The summed E-state index contributed by atoms with van der Waals surface area (Å²) in [6.45, 7) is 2.16. The molecule has 0 unspecified atom stereocenters. The first-order chi connectivity index (χ1) is 10.5. The first kappa shape index (κ1) is 14.3. The molecule has 0 bridgehead atoms. The van der Waals surface area contributed by atoms with Crippen molar-refractivity contribution < 1.29 is 14.4 Å². The zero-order chi connectivity index (χ0) is 15.5. The summed E-state index contributed by atoms with van der Waals surface area (Å²) in [4.78, 5) is 36.2. The van der Waals surface area contributed by atoms with E-state index in [1.54, 1.807) is 6.08 Å². The fraction of sp³-hybridized carbons (Fsp3) is 0.737. The van der Waals surface area contributed by atoms with Gasteiger partial charge in [-0.1, -0.05) is 13.0 Å². The minimum absolute atomic E-state index is 0.147. The Kier molecular flexibility index (Phi) is 3.02. The Morgan fingerprint density at radius 2 is 1.95 bits per heavy atom. The Labute approximate surface area is 131 Å². The van der Waals surface area contributed by atoms with Gasteiger partial charge in [0.05, 0.1) is 5.41 Å². The summed E-state index contributed by atoms with van der Waals surface area (Å²) in [6, 6.07) is 0. The van der Waals surface area contributed by atoms with E-state index >= 15 is 0 Å². The van der Waals surface area contributed by atoms with Gasteiger partial charge in [0, 0.05) is 18.3 Å². The highest BCUT2D eigenvalue weighted by Crippen LogP contribution is 2.63. The van der Waals surface area contributed by atoms with Crippen molar-refractivity contribution in [3.8, 4) is 0 Å². The summed E-state index contributed by atoms with van der Waals surface area (Å²) in [5.74, 6) is 2.04. The van der Waals surface area contributed by atoms with Crippen LogP contribution < -0.4 is 0 Å². The zero-order valence-corrected chi connectivity index (χ0v) is 13.2. The number of rotatable bonds is 1. The van der Waals surface area contributed by atoms with Crippen molar-refractivity contribution in [3.05, 3.63) is 12.2 Å². The first-order valence-electron chi connectivity index (χ1n) is 8.73. The lowest BCUT2D eigenvalue weighted by atomic mass is 9.46. The predicted molar refractivity (Wildman–Crippen MR) is 82.0 cm³/mol. The van der Waals surface area contributed by atoms with Crippen LogP contribution in [0.3, 0.4) is 0 Å². The molecule has 0 aromatic heterocycles. The largest absolute Gasteiger partial charge is 0.302 e. The van der Waals surface area contributed by atoms with E-state index in [0.29, 0.717) is 30.0 Å². The fourth-order valence-electron chi connectivity index (χ4n) is 6.34. The summed E-state index contributed by atoms with van der Waals surface area (Å²) in [5.41, 5.74) is -0.587. The van der Waals surface area contributed by atoms with Gasteiger partial charge in [0.2, 0.25) is 0 Å². The molecule has 22 heavy (non-hydrogen) atoms. The minimum Gasteiger partial charge on any atom is -0.302 e. The molecule has 4 aliphatic carbocycles. The molecule has 0 spiro atoms. The van der Waals surface area contributed by atoms with Gasteiger partial charge in [-0.2, -0.15) is 0 Å². The molecule has 0 N–H and O–H groups in total. The van der Waals surface area contributed by atoms with Crippen LogP contribution in [-0.4, -0.2) is 17.9 Å². The van der Waals surface area contributed by atoms with Crippen LogP contribution in [0.15, 0.2) is 12.2 Å².